The van der Waals surface area contributed by atoms with E-state index in [2.05, 4.69) is 166 Å². The van der Waals surface area contributed by atoms with E-state index in [4.69, 9.17) is 14.7 Å². The number of carbonyl (C=O) groups excluding carboxylic acids is 1. The number of nitrogens with zero attached hydrogens (tertiary/aromatic N) is 7. The van der Waals surface area contributed by atoms with Gasteiger partial charge in [0.25, 0.3) is 0 Å². The van der Waals surface area contributed by atoms with Crippen molar-refractivity contribution in [3.05, 3.63) is 161 Å². The first-order chi connectivity index (χ1) is 29.9. The number of piperidine rings is 1. The Bertz CT molecular complexity index is 2390. The lowest BCUT2D eigenvalue weighted by molar-refractivity contribution is -0.132. The van der Waals surface area contributed by atoms with Gasteiger partial charge >= 0.3 is 6.01 Å². The number of likely N-dealkylation sites (N-methyl/N-ethyl adjacent to an activating group) is 2. The van der Waals surface area contributed by atoms with Crippen molar-refractivity contribution >= 4 is 28.2 Å². The minimum atomic E-state index is -0.588. The molecule has 4 aliphatic rings. The Labute approximate surface area is 360 Å². The molecule has 312 valence electrons. The normalized spacial score (nSPS) is 20.7. The highest BCUT2D eigenvalue weighted by molar-refractivity contribution is 5.97. The fourth-order valence-electron chi connectivity index (χ4n) is 10.7. The van der Waals surface area contributed by atoms with Crippen molar-refractivity contribution < 1.29 is 9.53 Å². The van der Waals surface area contributed by atoms with Crippen LogP contribution in [0.1, 0.15) is 59.2 Å². The summed E-state index contributed by atoms with van der Waals surface area (Å²) in [7, 11) is 4.21. The van der Waals surface area contributed by atoms with Crippen LogP contribution < -0.4 is 14.5 Å². The molecule has 0 aliphatic carbocycles. The molecule has 3 saturated heterocycles. The molecule has 3 atom stereocenters. The van der Waals surface area contributed by atoms with E-state index < -0.39 is 5.54 Å². The maximum Gasteiger partial charge on any atom is 0.318 e. The Morgan fingerprint density at radius 2 is 1.39 bits per heavy atom. The number of hydrogen-bond acceptors (Lipinski definition) is 8. The molecule has 10 rings (SSSR count). The van der Waals surface area contributed by atoms with Gasteiger partial charge in [-0.3, -0.25) is 9.69 Å². The molecule has 61 heavy (non-hydrogen) atoms. The molecule has 0 N–H and O–H groups in total. The molecular formula is C52H57N7O2. The first kappa shape index (κ1) is 39.4. The summed E-state index contributed by atoms with van der Waals surface area (Å²) in [6, 6.07) is 46.0. The van der Waals surface area contributed by atoms with Crippen LogP contribution in [0.2, 0.25) is 0 Å². The average Bonchev–Trinajstić information content (AvgIpc) is 4.00. The van der Waals surface area contributed by atoms with Crippen LogP contribution in [-0.2, 0) is 23.3 Å². The van der Waals surface area contributed by atoms with Gasteiger partial charge in [-0.05, 0) is 86.3 Å². The second-order valence-corrected chi connectivity index (χ2v) is 17.6. The molecule has 0 bridgehead atoms. The largest absolute Gasteiger partial charge is 0.462 e. The zero-order valence-electron chi connectivity index (χ0n) is 35.8. The minimum absolute atomic E-state index is 0.141. The van der Waals surface area contributed by atoms with Gasteiger partial charge in [-0.1, -0.05) is 121 Å². The number of ether oxygens (including phenoxy) is 1. The summed E-state index contributed by atoms with van der Waals surface area (Å²) < 4.78 is 6.48. The van der Waals surface area contributed by atoms with Gasteiger partial charge < -0.3 is 24.3 Å². The SMILES string of the molecule is Cc1cccc2cccc(N3CCc4c(nc(OC[C@@H]5CCCN5C)nc4N4CCC(N(C)C(=O)C5CN5C(c5ccccc5)(c5ccccc5)c5ccccc5)CC4)C3)c12. The molecule has 4 aliphatic heterocycles. The summed E-state index contributed by atoms with van der Waals surface area (Å²) in [5.74, 6) is 1.20. The number of likely N-dealkylation sites (tertiary alicyclic amines) is 1. The van der Waals surface area contributed by atoms with Crippen LogP contribution in [0, 0.1) is 6.92 Å². The quantitative estimate of drug-likeness (QED) is 0.0962. The summed E-state index contributed by atoms with van der Waals surface area (Å²) in [5, 5.41) is 2.57. The number of rotatable bonds is 11. The van der Waals surface area contributed by atoms with Gasteiger partial charge in [-0.2, -0.15) is 9.97 Å². The van der Waals surface area contributed by atoms with Crippen LogP contribution in [0.15, 0.2) is 127 Å². The predicted octanol–water partition coefficient (Wildman–Crippen LogP) is 8.08. The summed E-state index contributed by atoms with van der Waals surface area (Å²) in [6.45, 7) is 7.84. The molecule has 0 spiro atoms. The number of aromatic nitrogens is 2. The fourth-order valence-corrected chi connectivity index (χ4v) is 10.7. The van der Waals surface area contributed by atoms with Gasteiger partial charge in [0, 0.05) is 61.9 Å². The number of benzene rings is 5. The fraction of sp³-hybridized carbons (Fsp3) is 0.365. The second-order valence-electron chi connectivity index (χ2n) is 17.6. The molecule has 6 aromatic rings. The van der Waals surface area contributed by atoms with Crippen molar-refractivity contribution in [2.45, 2.75) is 69.2 Å². The molecule has 0 radical (unpaired) electrons. The van der Waals surface area contributed by atoms with Crippen molar-refractivity contribution in [3.63, 3.8) is 0 Å². The van der Waals surface area contributed by atoms with Crippen LogP contribution in [0.3, 0.4) is 0 Å². The van der Waals surface area contributed by atoms with E-state index in [-0.39, 0.29) is 18.0 Å². The highest BCUT2D eigenvalue weighted by atomic mass is 16.5. The summed E-state index contributed by atoms with van der Waals surface area (Å²) in [4.78, 5) is 36.7. The maximum atomic E-state index is 14.6. The first-order valence-corrected chi connectivity index (χ1v) is 22.3. The van der Waals surface area contributed by atoms with Gasteiger partial charge in [0.1, 0.15) is 18.5 Å². The van der Waals surface area contributed by atoms with E-state index in [1.807, 2.05) is 7.05 Å². The molecule has 1 aromatic heterocycles. The monoisotopic (exact) mass is 811 g/mol. The second kappa shape index (κ2) is 16.6. The van der Waals surface area contributed by atoms with E-state index >= 15 is 0 Å². The number of aryl methyl sites for hydroxylation is 1. The maximum absolute atomic E-state index is 14.6. The van der Waals surface area contributed by atoms with Crippen LogP contribution in [0.4, 0.5) is 11.5 Å². The van der Waals surface area contributed by atoms with Crippen molar-refractivity contribution in [2.75, 3.05) is 63.2 Å². The van der Waals surface area contributed by atoms with Crippen molar-refractivity contribution in [1.82, 2.24) is 24.7 Å². The van der Waals surface area contributed by atoms with Crippen LogP contribution in [0.5, 0.6) is 6.01 Å². The summed E-state index contributed by atoms with van der Waals surface area (Å²) in [6.07, 6.45) is 4.94. The van der Waals surface area contributed by atoms with Gasteiger partial charge in [0.2, 0.25) is 5.91 Å². The lowest BCUT2D eigenvalue weighted by Gasteiger charge is -2.40. The third-order valence-corrected chi connectivity index (χ3v) is 14.1. The van der Waals surface area contributed by atoms with Gasteiger partial charge in [-0.25, -0.2) is 0 Å². The van der Waals surface area contributed by atoms with Gasteiger partial charge in [0.15, 0.2) is 0 Å². The Kier molecular flexibility index (Phi) is 10.7. The highest BCUT2D eigenvalue weighted by Crippen LogP contribution is 2.49. The number of hydrogen-bond donors (Lipinski definition) is 0. The molecule has 5 aromatic carbocycles. The van der Waals surface area contributed by atoms with E-state index in [9.17, 15) is 4.79 Å². The molecule has 9 heteroatoms. The molecule has 5 heterocycles. The highest BCUT2D eigenvalue weighted by Gasteiger charge is 2.57. The summed E-state index contributed by atoms with van der Waals surface area (Å²) >= 11 is 0. The molecule has 9 nitrogen and oxygen atoms in total. The van der Waals surface area contributed by atoms with E-state index in [0.29, 0.717) is 31.7 Å². The standard InChI is InChI=1S/C52H57N7O2/c1-37-16-13-17-38-18-14-26-46(48(37)38)58-33-29-44-45(34-58)53-51(61-36-43-25-15-30-55(43)2)54-49(44)57-31-27-42(28-32-57)56(3)50(60)47-35-59(47)52(39-19-7-4-8-20-39,40-21-9-5-10-22-40)41-23-11-6-12-24-41/h4-14,16-24,26,42-43,47H,15,25,27-36H2,1-3H3/t43-,47?,59?/m0/s1. The Hall–Kier alpha value is -5.77. The van der Waals surface area contributed by atoms with Crippen molar-refractivity contribution in [1.29, 1.82) is 0 Å². The third-order valence-electron chi connectivity index (χ3n) is 14.1. The van der Waals surface area contributed by atoms with Gasteiger partial charge in [0.05, 0.1) is 17.8 Å². The third kappa shape index (κ3) is 7.31. The van der Waals surface area contributed by atoms with E-state index in [1.165, 1.54) is 50.7 Å². The first-order valence-electron chi connectivity index (χ1n) is 22.3. The van der Waals surface area contributed by atoms with Crippen LogP contribution >= 0.6 is 0 Å². The van der Waals surface area contributed by atoms with Crippen molar-refractivity contribution in [3.8, 4) is 6.01 Å². The molecule has 1 amide bonds. The van der Waals surface area contributed by atoms with Crippen LogP contribution in [-0.4, -0.2) is 102 Å². The zero-order chi connectivity index (χ0) is 41.5. The average molecular weight is 812 g/mol. The van der Waals surface area contributed by atoms with Crippen molar-refractivity contribution in [2.24, 2.45) is 0 Å². The molecule has 2 unspecified atom stereocenters. The number of fused-ring (bicyclic) bond motifs is 2. The topological polar surface area (TPSA) is 68.1 Å². The molecular weight excluding hydrogens is 755 g/mol. The Balaban J connectivity index is 0.888. The van der Waals surface area contributed by atoms with Crippen LogP contribution in [0.25, 0.3) is 10.8 Å². The molecule has 0 saturated carbocycles. The minimum Gasteiger partial charge on any atom is -0.462 e. The smallest absolute Gasteiger partial charge is 0.318 e. The summed E-state index contributed by atoms with van der Waals surface area (Å²) in [5.41, 5.74) is 7.74. The number of anilines is 2. The Morgan fingerprint density at radius 3 is 2.02 bits per heavy atom. The number of amides is 1. The van der Waals surface area contributed by atoms with Gasteiger partial charge in [-0.15, -0.1) is 0 Å². The van der Waals surface area contributed by atoms with E-state index in [0.717, 1.165) is 63.4 Å². The predicted molar refractivity (Wildman–Crippen MR) is 244 cm³/mol. The lowest BCUT2D eigenvalue weighted by atomic mass is 9.76. The Morgan fingerprint density at radius 1 is 0.754 bits per heavy atom. The number of carbonyl (C=O) groups is 1. The molecule has 3 fully saturated rings. The van der Waals surface area contributed by atoms with E-state index in [1.54, 1.807) is 0 Å². The lowest BCUT2D eigenvalue weighted by Crippen LogP contribution is -2.49. The zero-order valence-corrected chi connectivity index (χ0v) is 35.8.